The standard InChI is InChI=1S/C13H15F2N3.ClH/c1-10-13(9-18(17-10)6-5-14)16-8-11-3-2-4-12(15)7-11;/h2-4,7,9,16H,5-6,8H2,1H3;1H. The maximum Gasteiger partial charge on any atom is 0.123 e. The summed E-state index contributed by atoms with van der Waals surface area (Å²) in [5.41, 5.74) is 2.50. The van der Waals surface area contributed by atoms with Crippen molar-refractivity contribution in [3.05, 3.63) is 47.5 Å². The highest BCUT2D eigenvalue weighted by atomic mass is 35.5. The van der Waals surface area contributed by atoms with Gasteiger partial charge in [-0.15, -0.1) is 12.4 Å². The Hall–Kier alpha value is -1.62. The maximum atomic E-state index is 13.0. The second-order valence-corrected chi connectivity index (χ2v) is 4.06. The lowest BCUT2D eigenvalue weighted by atomic mass is 10.2. The summed E-state index contributed by atoms with van der Waals surface area (Å²) in [6, 6.07) is 6.41. The quantitative estimate of drug-likeness (QED) is 0.914. The highest BCUT2D eigenvalue weighted by molar-refractivity contribution is 5.85. The van der Waals surface area contributed by atoms with Crippen LogP contribution in [0.2, 0.25) is 0 Å². The van der Waals surface area contributed by atoms with Gasteiger partial charge in [-0.2, -0.15) is 5.10 Å². The first kappa shape index (κ1) is 15.4. The van der Waals surface area contributed by atoms with Crippen LogP contribution in [0.25, 0.3) is 0 Å². The lowest BCUT2D eigenvalue weighted by Crippen LogP contribution is -2.00. The second kappa shape index (κ2) is 7.09. The SMILES string of the molecule is Cc1nn(CCF)cc1NCc1cccc(F)c1.Cl. The Balaban J connectivity index is 0.00000180. The molecule has 0 spiro atoms. The second-order valence-electron chi connectivity index (χ2n) is 4.06. The van der Waals surface area contributed by atoms with Crippen LogP contribution >= 0.6 is 12.4 Å². The third-order valence-corrected chi connectivity index (χ3v) is 2.63. The number of hydrogen-bond acceptors (Lipinski definition) is 2. The zero-order chi connectivity index (χ0) is 13.0. The highest BCUT2D eigenvalue weighted by Gasteiger charge is 2.04. The van der Waals surface area contributed by atoms with Crippen LogP contribution in [0.1, 0.15) is 11.3 Å². The van der Waals surface area contributed by atoms with Crippen LogP contribution in [0.4, 0.5) is 14.5 Å². The van der Waals surface area contributed by atoms with E-state index in [1.54, 1.807) is 16.9 Å². The molecule has 0 amide bonds. The molecule has 0 unspecified atom stereocenters. The van der Waals surface area contributed by atoms with E-state index < -0.39 is 6.67 Å². The fourth-order valence-electron chi connectivity index (χ4n) is 1.74. The predicted octanol–water partition coefficient (Wildman–Crippen LogP) is 3.33. The number of nitrogens with zero attached hydrogens (tertiary/aromatic N) is 2. The summed E-state index contributed by atoms with van der Waals surface area (Å²) < 4.78 is 26.7. The summed E-state index contributed by atoms with van der Waals surface area (Å²) in [6.45, 7) is 2.18. The fraction of sp³-hybridized carbons (Fsp3) is 0.308. The largest absolute Gasteiger partial charge is 0.378 e. The Morgan fingerprint density at radius 3 is 2.84 bits per heavy atom. The minimum absolute atomic E-state index is 0. The van der Waals surface area contributed by atoms with Crippen LogP contribution in [0.15, 0.2) is 30.5 Å². The van der Waals surface area contributed by atoms with E-state index in [-0.39, 0.29) is 24.8 Å². The van der Waals surface area contributed by atoms with Gasteiger partial charge in [0, 0.05) is 12.7 Å². The molecule has 0 aliphatic carbocycles. The van der Waals surface area contributed by atoms with Crippen molar-refractivity contribution < 1.29 is 8.78 Å². The number of aryl methyl sites for hydroxylation is 2. The Bertz CT molecular complexity index is 528. The molecule has 1 aromatic heterocycles. The molecule has 1 aromatic carbocycles. The van der Waals surface area contributed by atoms with Crippen LogP contribution in [-0.4, -0.2) is 16.5 Å². The van der Waals surface area contributed by atoms with Crippen molar-refractivity contribution in [2.75, 3.05) is 12.0 Å². The highest BCUT2D eigenvalue weighted by Crippen LogP contribution is 2.14. The van der Waals surface area contributed by atoms with Gasteiger partial charge in [0.2, 0.25) is 0 Å². The molecular formula is C13H16ClF2N3. The zero-order valence-electron chi connectivity index (χ0n) is 10.6. The molecule has 0 aliphatic rings. The molecular weight excluding hydrogens is 272 g/mol. The fourth-order valence-corrected chi connectivity index (χ4v) is 1.74. The average molecular weight is 288 g/mol. The van der Waals surface area contributed by atoms with Crippen LogP contribution in [0.5, 0.6) is 0 Å². The van der Waals surface area contributed by atoms with Crippen LogP contribution in [0.3, 0.4) is 0 Å². The van der Waals surface area contributed by atoms with Gasteiger partial charge >= 0.3 is 0 Å². The van der Waals surface area contributed by atoms with Crippen molar-refractivity contribution in [1.29, 1.82) is 0 Å². The Morgan fingerprint density at radius 1 is 1.37 bits per heavy atom. The normalized spacial score (nSPS) is 10.1. The number of benzene rings is 1. The molecule has 0 fully saturated rings. The first-order valence-electron chi connectivity index (χ1n) is 5.77. The monoisotopic (exact) mass is 287 g/mol. The van der Waals surface area contributed by atoms with Gasteiger partial charge in [-0.25, -0.2) is 8.78 Å². The summed E-state index contributed by atoms with van der Waals surface area (Å²) in [6.07, 6.45) is 1.76. The number of aromatic nitrogens is 2. The molecule has 0 saturated carbocycles. The van der Waals surface area contributed by atoms with Gasteiger partial charge in [0.15, 0.2) is 0 Å². The molecule has 0 aliphatic heterocycles. The number of alkyl halides is 1. The predicted molar refractivity (Wildman–Crippen MR) is 73.9 cm³/mol. The van der Waals surface area contributed by atoms with E-state index in [9.17, 15) is 8.78 Å². The van der Waals surface area contributed by atoms with Gasteiger partial charge in [0.25, 0.3) is 0 Å². The Kier molecular flexibility index (Phi) is 5.76. The number of halogens is 3. The van der Waals surface area contributed by atoms with E-state index in [1.807, 2.05) is 13.0 Å². The summed E-state index contributed by atoms with van der Waals surface area (Å²) >= 11 is 0. The summed E-state index contributed by atoms with van der Waals surface area (Å²) in [5, 5.41) is 7.33. The molecule has 19 heavy (non-hydrogen) atoms. The van der Waals surface area contributed by atoms with Crippen molar-refractivity contribution in [2.24, 2.45) is 0 Å². The number of nitrogens with one attached hydrogen (secondary N) is 1. The van der Waals surface area contributed by atoms with Crippen LogP contribution in [0, 0.1) is 12.7 Å². The minimum Gasteiger partial charge on any atom is -0.378 e. The van der Waals surface area contributed by atoms with Gasteiger partial charge < -0.3 is 5.32 Å². The van der Waals surface area contributed by atoms with E-state index in [0.717, 1.165) is 16.9 Å². The summed E-state index contributed by atoms with van der Waals surface area (Å²) in [4.78, 5) is 0. The van der Waals surface area contributed by atoms with Gasteiger partial charge in [-0.1, -0.05) is 12.1 Å². The van der Waals surface area contributed by atoms with Crippen LogP contribution < -0.4 is 5.32 Å². The van der Waals surface area contributed by atoms with Gasteiger partial charge in [0.1, 0.15) is 12.5 Å². The van der Waals surface area contributed by atoms with Crippen LogP contribution in [-0.2, 0) is 13.1 Å². The molecule has 0 atom stereocenters. The average Bonchev–Trinajstić information content (AvgIpc) is 2.68. The summed E-state index contributed by atoms with van der Waals surface area (Å²) in [5.74, 6) is -0.251. The van der Waals surface area contributed by atoms with E-state index in [2.05, 4.69) is 10.4 Å². The van der Waals surface area contributed by atoms with Crippen molar-refractivity contribution in [1.82, 2.24) is 9.78 Å². The lowest BCUT2D eigenvalue weighted by Gasteiger charge is -2.04. The first-order chi connectivity index (χ1) is 8.69. The Morgan fingerprint density at radius 2 is 2.16 bits per heavy atom. The number of anilines is 1. The lowest BCUT2D eigenvalue weighted by molar-refractivity contribution is 0.426. The molecule has 0 radical (unpaired) electrons. The van der Waals surface area contributed by atoms with Gasteiger partial charge in [-0.3, -0.25) is 4.68 Å². The minimum atomic E-state index is -0.440. The van der Waals surface area contributed by atoms with E-state index >= 15 is 0 Å². The maximum absolute atomic E-state index is 13.0. The topological polar surface area (TPSA) is 29.9 Å². The van der Waals surface area contributed by atoms with Crippen molar-refractivity contribution in [2.45, 2.75) is 20.0 Å². The van der Waals surface area contributed by atoms with Gasteiger partial charge in [0.05, 0.1) is 17.9 Å². The van der Waals surface area contributed by atoms with E-state index in [4.69, 9.17) is 0 Å². The summed E-state index contributed by atoms with van der Waals surface area (Å²) in [7, 11) is 0. The number of rotatable bonds is 5. The molecule has 3 nitrogen and oxygen atoms in total. The van der Waals surface area contributed by atoms with Gasteiger partial charge in [-0.05, 0) is 24.6 Å². The number of hydrogen-bond donors (Lipinski definition) is 1. The van der Waals surface area contributed by atoms with Crippen molar-refractivity contribution >= 4 is 18.1 Å². The van der Waals surface area contributed by atoms with E-state index in [1.165, 1.54) is 12.1 Å². The molecule has 1 heterocycles. The molecule has 104 valence electrons. The molecule has 0 saturated heterocycles. The van der Waals surface area contributed by atoms with E-state index in [0.29, 0.717) is 6.54 Å². The molecule has 2 rings (SSSR count). The third-order valence-electron chi connectivity index (χ3n) is 2.63. The smallest absolute Gasteiger partial charge is 0.123 e. The molecule has 0 bridgehead atoms. The zero-order valence-corrected chi connectivity index (χ0v) is 11.4. The molecule has 6 heteroatoms. The molecule has 2 aromatic rings. The first-order valence-corrected chi connectivity index (χ1v) is 5.77. The molecule has 1 N–H and O–H groups in total. The van der Waals surface area contributed by atoms with Crippen molar-refractivity contribution in [3.8, 4) is 0 Å². The Labute approximate surface area is 117 Å². The third kappa shape index (κ3) is 4.21. The van der Waals surface area contributed by atoms with Crippen molar-refractivity contribution in [3.63, 3.8) is 0 Å².